The van der Waals surface area contributed by atoms with Crippen LogP contribution in [0, 0.1) is 24.1 Å². The molecule has 1 N–H and O–H groups in total. The van der Waals surface area contributed by atoms with Gasteiger partial charge in [-0.3, -0.25) is 0 Å². The van der Waals surface area contributed by atoms with Crippen LogP contribution < -0.4 is 5.32 Å². The molecule has 1 nitrogen and oxygen atoms in total. The molecule has 1 fully saturated rings. The van der Waals surface area contributed by atoms with Gasteiger partial charge >= 0.3 is 0 Å². The molecule has 0 heterocycles. The molecule has 0 amide bonds. The summed E-state index contributed by atoms with van der Waals surface area (Å²) in [6.07, 6.45) is 6.14. The summed E-state index contributed by atoms with van der Waals surface area (Å²) in [6.45, 7) is 9.90. The van der Waals surface area contributed by atoms with Crippen LogP contribution in [0.25, 0.3) is 0 Å². The zero-order valence-corrected chi connectivity index (χ0v) is 14.0. The lowest BCUT2D eigenvalue weighted by Gasteiger charge is -2.38. The van der Waals surface area contributed by atoms with E-state index in [4.69, 9.17) is 0 Å². The first kappa shape index (κ1) is 16.5. The zero-order chi connectivity index (χ0) is 15.5. The van der Waals surface area contributed by atoms with Crippen molar-refractivity contribution in [3.8, 4) is 0 Å². The Bertz CT molecular complexity index is 436. The van der Waals surface area contributed by atoms with Crippen LogP contribution >= 0.6 is 0 Å². The smallest absolute Gasteiger partial charge is 0.123 e. The molecule has 1 aromatic rings. The third-order valence-corrected chi connectivity index (χ3v) is 4.89. The lowest BCUT2D eigenvalue weighted by molar-refractivity contribution is 0.161. The van der Waals surface area contributed by atoms with Crippen molar-refractivity contribution in [2.24, 2.45) is 11.3 Å². The van der Waals surface area contributed by atoms with Gasteiger partial charge in [-0.25, -0.2) is 4.39 Å². The molecule has 0 spiro atoms. The van der Waals surface area contributed by atoms with E-state index in [1.807, 2.05) is 6.92 Å². The first-order valence-electron chi connectivity index (χ1n) is 8.42. The number of nitrogens with one attached hydrogen (secondary N) is 1. The van der Waals surface area contributed by atoms with E-state index >= 15 is 0 Å². The quantitative estimate of drug-likeness (QED) is 0.766. The third kappa shape index (κ3) is 4.54. The Morgan fingerprint density at radius 1 is 1.24 bits per heavy atom. The van der Waals surface area contributed by atoms with E-state index in [9.17, 15) is 4.39 Å². The zero-order valence-electron chi connectivity index (χ0n) is 14.0. The Balaban J connectivity index is 2.18. The van der Waals surface area contributed by atoms with Gasteiger partial charge in [0.1, 0.15) is 5.82 Å². The Kier molecular flexibility index (Phi) is 5.43. The van der Waals surface area contributed by atoms with Crippen molar-refractivity contribution in [1.82, 2.24) is 5.32 Å². The minimum Gasteiger partial charge on any atom is -0.310 e. The summed E-state index contributed by atoms with van der Waals surface area (Å²) in [7, 11) is 0. The van der Waals surface area contributed by atoms with Crippen molar-refractivity contribution < 1.29 is 4.39 Å². The summed E-state index contributed by atoms with van der Waals surface area (Å²) >= 11 is 0. The molecule has 2 heteroatoms. The molecular weight excluding hydrogens is 261 g/mol. The van der Waals surface area contributed by atoms with Crippen molar-refractivity contribution in [2.75, 3.05) is 6.54 Å². The predicted molar refractivity (Wildman–Crippen MR) is 87.9 cm³/mol. The highest BCUT2D eigenvalue weighted by atomic mass is 19.1. The first-order chi connectivity index (χ1) is 9.91. The summed E-state index contributed by atoms with van der Waals surface area (Å²) in [5.41, 5.74) is 2.62. The van der Waals surface area contributed by atoms with Crippen LogP contribution in [-0.2, 0) is 0 Å². The second kappa shape index (κ2) is 6.91. The standard InChI is InChI=1S/C19H30FN/c1-5-10-21-18(15-6-8-19(3,4)9-7-15)16-11-14(2)12-17(20)13-16/h11-13,15,18,21H,5-10H2,1-4H3. The van der Waals surface area contributed by atoms with Gasteiger partial charge in [0, 0.05) is 6.04 Å². The van der Waals surface area contributed by atoms with Crippen molar-refractivity contribution >= 4 is 0 Å². The van der Waals surface area contributed by atoms with E-state index < -0.39 is 0 Å². The Hall–Kier alpha value is -0.890. The maximum absolute atomic E-state index is 13.8. The lowest BCUT2D eigenvalue weighted by Crippen LogP contribution is -2.33. The van der Waals surface area contributed by atoms with Gasteiger partial charge in [0.2, 0.25) is 0 Å². The fraction of sp³-hybridized carbons (Fsp3) is 0.684. The van der Waals surface area contributed by atoms with Gasteiger partial charge in [-0.1, -0.05) is 26.8 Å². The second-order valence-corrected chi connectivity index (χ2v) is 7.50. The molecule has 118 valence electrons. The molecule has 1 aromatic carbocycles. The number of hydrogen-bond donors (Lipinski definition) is 1. The molecule has 1 aliphatic rings. The van der Waals surface area contributed by atoms with Crippen molar-refractivity contribution in [2.45, 2.75) is 65.8 Å². The van der Waals surface area contributed by atoms with Crippen LogP contribution in [0.4, 0.5) is 4.39 Å². The topological polar surface area (TPSA) is 12.0 Å². The minimum atomic E-state index is -0.107. The average Bonchev–Trinajstić information content (AvgIpc) is 2.39. The van der Waals surface area contributed by atoms with E-state index in [2.05, 4.69) is 32.2 Å². The van der Waals surface area contributed by atoms with Gasteiger partial charge in [-0.15, -0.1) is 0 Å². The Morgan fingerprint density at radius 2 is 1.90 bits per heavy atom. The molecule has 1 unspecified atom stereocenters. The van der Waals surface area contributed by atoms with Crippen LogP contribution in [0.3, 0.4) is 0 Å². The molecular formula is C19H30FN. The van der Waals surface area contributed by atoms with Gasteiger partial charge in [0.05, 0.1) is 0 Å². The lowest BCUT2D eigenvalue weighted by atomic mass is 9.70. The summed E-state index contributed by atoms with van der Waals surface area (Å²) < 4.78 is 13.8. The Morgan fingerprint density at radius 3 is 2.48 bits per heavy atom. The molecule has 0 radical (unpaired) electrons. The molecule has 1 aliphatic carbocycles. The molecule has 1 atom stereocenters. The van der Waals surface area contributed by atoms with Crippen LogP contribution in [-0.4, -0.2) is 6.54 Å². The van der Waals surface area contributed by atoms with Gasteiger partial charge in [-0.2, -0.15) is 0 Å². The third-order valence-electron chi connectivity index (χ3n) is 4.89. The van der Waals surface area contributed by atoms with E-state index in [1.54, 1.807) is 12.1 Å². The highest BCUT2D eigenvalue weighted by Crippen LogP contribution is 2.42. The molecule has 0 saturated heterocycles. The van der Waals surface area contributed by atoms with Crippen LogP contribution in [0.2, 0.25) is 0 Å². The monoisotopic (exact) mass is 291 g/mol. The van der Waals surface area contributed by atoms with Crippen molar-refractivity contribution in [3.05, 3.63) is 35.1 Å². The molecule has 1 saturated carbocycles. The van der Waals surface area contributed by atoms with Crippen molar-refractivity contribution in [3.63, 3.8) is 0 Å². The van der Waals surface area contributed by atoms with Gasteiger partial charge in [0.25, 0.3) is 0 Å². The van der Waals surface area contributed by atoms with E-state index in [1.165, 1.54) is 25.7 Å². The number of benzene rings is 1. The second-order valence-electron chi connectivity index (χ2n) is 7.50. The highest BCUT2D eigenvalue weighted by molar-refractivity contribution is 5.27. The van der Waals surface area contributed by atoms with Crippen LogP contribution in [0.1, 0.15) is 70.0 Å². The summed E-state index contributed by atoms with van der Waals surface area (Å²) in [4.78, 5) is 0. The van der Waals surface area contributed by atoms with E-state index in [0.29, 0.717) is 17.4 Å². The van der Waals surface area contributed by atoms with Gasteiger partial charge in [-0.05, 0) is 80.2 Å². The summed E-state index contributed by atoms with van der Waals surface area (Å²) in [5, 5.41) is 3.67. The fourth-order valence-electron chi connectivity index (χ4n) is 3.56. The molecule has 2 rings (SSSR count). The van der Waals surface area contributed by atoms with E-state index in [0.717, 1.165) is 24.1 Å². The molecule has 0 aliphatic heterocycles. The maximum atomic E-state index is 13.8. The summed E-state index contributed by atoms with van der Waals surface area (Å²) in [6, 6.07) is 5.79. The first-order valence-corrected chi connectivity index (χ1v) is 8.42. The van der Waals surface area contributed by atoms with Crippen molar-refractivity contribution in [1.29, 1.82) is 0 Å². The number of aryl methyl sites for hydroxylation is 1. The minimum absolute atomic E-state index is 0.107. The number of hydrogen-bond acceptors (Lipinski definition) is 1. The van der Waals surface area contributed by atoms with E-state index in [-0.39, 0.29) is 5.82 Å². The normalized spacial score (nSPS) is 20.4. The molecule has 0 aromatic heterocycles. The Labute approximate surface area is 129 Å². The van der Waals surface area contributed by atoms with Gasteiger partial charge in [0.15, 0.2) is 0 Å². The number of halogens is 1. The predicted octanol–water partition coefficient (Wildman–Crippen LogP) is 5.39. The summed E-state index contributed by atoms with van der Waals surface area (Å²) in [5.74, 6) is 0.523. The number of rotatable bonds is 5. The van der Waals surface area contributed by atoms with Crippen LogP contribution in [0.15, 0.2) is 18.2 Å². The largest absolute Gasteiger partial charge is 0.310 e. The molecule has 21 heavy (non-hydrogen) atoms. The fourth-order valence-corrected chi connectivity index (χ4v) is 3.56. The molecule has 0 bridgehead atoms. The average molecular weight is 291 g/mol. The maximum Gasteiger partial charge on any atom is 0.123 e. The highest BCUT2D eigenvalue weighted by Gasteiger charge is 2.32. The van der Waals surface area contributed by atoms with Gasteiger partial charge < -0.3 is 5.32 Å². The van der Waals surface area contributed by atoms with Crippen LogP contribution in [0.5, 0.6) is 0 Å². The SMILES string of the molecule is CCCNC(c1cc(C)cc(F)c1)C1CCC(C)(C)CC1.